The summed E-state index contributed by atoms with van der Waals surface area (Å²) in [5, 5.41) is 7.75. The summed E-state index contributed by atoms with van der Waals surface area (Å²) >= 11 is 0. The maximum absolute atomic E-state index is 12.4. The summed E-state index contributed by atoms with van der Waals surface area (Å²) in [6.45, 7) is 10.2. The molecule has 1 aromatic heterocycles. The highest BCUT2D eigenvalue weighted by Gasteiger charge is 2.15. The van der Waals surface area contributed by atoms with Crippen LogP contribution in [0.1, 0.15) is 18.1 Å². The van der Waals surface area contributed by atoms with Crippen LogP contribution < -0.4 is 5.30 Å². The van der Waals surface area contributed by atoms with Gasteiger partial charge >= 0.3 is 0 Å². The van der Waals surface area contributed by atoms with Gasteiger partial charge in [0.1, 0.15) is 7.14 Å². The number of hydrogen-bond acceptors (Lipinski definition) is 2. The first-order chi connectivity index (χ1) is 18.8. The third kappa shape index (κ3) is 4.62. The molecule has 0 unspecified atom stereocenters. The van der Waals surface area contributed by atoms with Crippen molar-refractivity contribution in [3.8, 4) is 0 Å². The summed E-state index contributed by atoms with van der Waals surface area (Å²) in [5.74, 6) is 0. The van der Waals surface area contributed by atoms with E-state index in [4.69, 9.17) is 4.98 Å². The second kappa shape index (κ2) is 9.80. The van der Waals surface area contributed by atoms with Crippen LogP contribution in [-0.4, -0.2) is 18.3 Å². The van der Waals surface area contributed by atoms with Crippen LogP contribution in [0.25, 0.3) is 54.5 Å². The Morgan fingerprint density at radius 3 is 1.79 bits per heavy atom. The predicted octanol–water partition coefficient (Wildman–Crippen LogP) is 9.62. The Balaban J connectivity index is 1.48. The van der Waals surface area contributed by atoms with Crippen molar-refractivity contribution in [1.82, 2.24) is 4.98 Å². The maximum atomic E-state index is 12.4. The predicted molar refractivity (Wildman–Crippen MR) is 172 cm³/mol. The molecule has 0 atom stereocenters. The van der Waals surface area contributed by atoms with Crippen molar-refractivity contribution in [3.63, 3.8) is 0 Å². The molecule has 5 aromatic carbocycles. The van der Waals surface area contributed by atoms with E-state index < -0.39 is 7.14 Å². The molecule has 0 radical (unpaired) electrons. The Labute approximate surface area is 229 Å². The summed E-state index contributed by atoms with van der Waals surface area (Å²) in [5.41, 5.74) is 6.29. The Morgan fingerprint density at radius 1 is 0.718 bits per heavy atom. The van der Waals surface area contributed by atoms with E-state index in [1.54, 1.807) is 13.3 Å². The molecule has 0 aliphatic carbocycles. The smallest absolute Gasteiger partial charge is 0.109 e. The fourth-order valence-corrected chi connectivity index (χ4v) is 6.20. The molecule has 0 aliphatic heterocycles. The Kier molecular flexibility index (Phi) is 6.29. The van der Waals surface area contributed by atoms with Crippen molar-refractivity contribution in [1.29, 1.82) is 0 Å². The van der Waals surface area contributed by atoms with Crippen LogP contribution in [0, 0.1) is 0 Å². The van der Waals surface area contributed by atoms with E-state index in [1.165, 1.54) is 10.8 Å². The molecular formula is C36H30NOP. The third-order valence-corrected chi connectivity index (χ3v) is 9.01. The van der Waals surface area contributed by atoms with E-state index >= 15 is 0 Å². The van der Waals surface area contributed by atoms with Crippen LogP contribution in [0.4, 0.5) is 0 Å². The van der Waals surface area contributed by atoms with E-state index in [2.05, 4.69) is 105 Å². The molecule has 0 saturated carbocycles. The van der Waals surface area contributed by atoms with Crippen molar-refractivity contribution < 1.29 is 4.57 Å². The van der Waals surface area contributed by atoms with Crippen LogP contribution in [0.5, 0.6) is 0 Å². The highest BCUT2D eigenvalue weighted by atomic mass is 31.2. The molecule has 39 heavy (non-hydrogen) atoms. The van der Waals surface area contributed by atoms with Crippen LogP contribution >= 0.6 is 7.14 Å². The van der Waals surface area contributed by atoms with Crippen LogP contribution in [-0.2, 0) is 4.57 Å². The van der Waals surface area contributed by atoms with Gasteiger partial charge in [0, 0.05) is 26.8 Å². The van der Waals surface area contributed by atoms with Crippen LogP contribution in [0.3, 0.4) is 0 Å². The minimum atomic E-state index is -2.26. The fraction of sp³-hybridized carbons (Fsp3) is 0.0833. The number of aromatic nitrogens is 1. The molecule has 0 N–H and O–H groups in total. The number of fused-ring (bicyclic) bond motifs is 6. The molecule has 0 spiro atoms. The average Bonchev–Trinajstić information content (AvgIpc) is 2.95. The van der Waals surface area contributed by atoms with Gasteiger partial charge in [0.15, 0.2) is 0 Å². The number of nitrogens with zero attached hydrogens (tertiary/aromatic N) is 1. The quantitative estimate of drug-likeness (QED) is 0.0974. The summed E-state index contributed by atoms with van der Waals surface area (Å²) in [7, 11) is -2.26. The molecule has 1 heterocycles. The maximum Gasteiger partial charge on any atom is 0.109 e. The zero-order valence-corrected chi connectivity index (χ0v) is 23.4. The molecule has 6 aromatic rings. The van der Waals surface area contributed by atoms with E-state index in [1.807, 2.05) is 24.3 Å². The lowest BCUT2D eigenvalue weighted by molar-refractivity contribution is 0.588. The first-order valence-electron chi connectivity index (χ1n) is 13.1. The van der Waals surface area contributed by atoms with E-state index in [0.717, 1.165) is 60.2 Å². The summed E-state index contributed by atoms with van der Waals surface area (Å²) in [6, 6.07) is 33.6. The first-order valence-corrected chi connectivity index (χ1v) is 15.7. The van der Waals surface area contributed by atoms with Gasteiger partial charge in [0.05, 0.1) is 11.0 Å². The molecule has 6 rings (SSSR count). The van der Waals surface area contributed by atoms with Gasteiger partial charge in [-0.15, -0.1) is 0 Å². The number of hydrogen-bond donors (Lipinski definition) is 0. The number of allylic oxidation sites excluding steroid dienone is 5. The van der Waals surface area contributed by atoms with Gasteiger partial charge in [0.25, 0.3) is 0 Å². The van der Waals surface area contributed by atoms with Crippen molar-refractivity contribution in [2.75, 3.05) is 13.3 Å². The van der Waals surface area contributed by atoms with E-state index in [0.29, 0.717) is 0 Å². The lowest BCUT2D eigenvalue weighted by atomic mass is 9.92. The highest BCUT2D eigenvalue weighted by Crippen LogP contribution is 2.38. The van der Waals surface area contributed by atoms with Gasteiger partial charge in [-0.2, -0.15) is 0 Å². The average molecular weight is 524 g/mol. The van der Waals surface area contributed by atoms with Gasteiger partial charge < -0.3 is 4.57 Å². The number of rotatable bonds is 5. The molecule has 190 valence electrons. The lowest BCUT2D eigenvalue weighted by Gasteiger charge is -2.14. The van der Waals surface area contributed by atoms with Crippen LogP contribution in [0.2, 0.25) is 0 Å². The summed E-state index contributed by atoms with van der Waals surface area (Å²) in [4.78, 5) is 5.25. The molecule has 0 bridgehead atoms. The molecule has 0 saturated heterocycles. The normalized spacial score (nSPS) is 12.7. The van der Waals surface area contributed by atoms with Crippen molar-refractivity contribution in [2.45, 2.75) is 6.92 Å². The molecule has 3 heteroatoms. The van der Waals surface area contributed by atoms with E-state index in [-0.39, 0.29) is 0 Å². The largest absolute Gasteiger partial charge is 0.319 e. The molecule has 2 nitrogen and oxygen atoms in total. The number of pyridine rings is 1. The number of benzene rings is 5. The van der Waals surface area contributed by atoms with Crippen molar-refractivity contribution >= 4 is 66.9 Å². The Hall–Kier alpha value is -4.26. The molecule has 0 amide bonds. The second-order valence-electron chi connectivity index (χ2n) is 10.5. The van der Waals surface area contributed by atoms with E-state index in [9.17, 15) is 4.57 Å². The molecule has 0 fully saturated rings. The van der Waals surface area contributed by atoms with Crippen molar-refractivity contribution in [2.24, 2.45) is 0 Å². The lowest BCUT2D eigenvalue weighted by Crippen LogP contribution is -2.01. The monoisotopic (exact) mass is 523 g/mol. The van der Waals surface area contributed by atoms with Crippen LogP contribution in [0.15, 0.2) is 122 Å². The Bertz CT molecular complexity index is 1930. The van der Waals surface area contributed by atoms with Gasteiger partial charge in [0.2, 0.25) is 0 Å². The SMILES string of the molecule is C=C(/C=C\C=C(/C)c1ccc(P(C)(C)=O)cc1)c1c2ccc3ccccc3c2nc2c1ccc1ccccc12. The minimum Gasteiger partial charge on any atom is -0.319 e. The standard InChI is InChI=1S/C36H30NOP/c1-24(26-16-20-29(21-17-26)39(3,4)38)10-9-11-25(2)34-32-22-18-27-12-5-7-14-30(27)35(32)37-36-31-15-8-6-13-28(31)19-23-33(34)36/h5-23H,2H2,1,3-4H3/b11-9-,24-10+. The van der Waals surface area contributed by atoms with Gasteiger partial charge in [-0.05, 0) is 53.3 Å². The van der Waals surface area contributed by atoms with Gasteiger partial charge in [-0.25, -0.2) is 4.98 Å². The molecular weight excluding hydrogens is 493 g/mol. The van der Waals surface area contributed by atoms with Gasteiger partial charge in [-0.1, -0.05) is 122 Å². The van der Waals surface area contributed by atoms with Crippen molar-refractivity contribution in [3.05, 3.63) is 133 Å². The topological polar surface area (TPSA) is 30.0 Å². The zero-order chi connectivity index (χ0) is 27.1. The summed E-state index contributed by atoms with van der Waals surface area (Å²) < 4.78 is 12.4. The first kappa shape index (κ1) is 25.0. The minimum absolute atomic E-state index is 0.902. The highest BCUT2D eigenvalue weighted by molar-refractivity contribution is 7.70. The zero-order valence-electron chi connectivity index (χ0n) is 22.5. The Morgan fingerprint density at radius 2 is 1.26 bits per heavy atom. The summed E-state index contributed by atoms with van der Waals surface area (Å²) in [6.07, 6.45) is 6.26. The van der Waals surface area contributed by atoms with Gasteiger partial charge in [-0.3, -0.25) is 0 Å². The third-order valence-electron chi connectivity index (χ3n) is 7.47. The second-order valence-corrected chi connectivity index (χ2v) is 13.7. The molecule has 0 aliphatic rings. The fourth-order valence-electron chi connectivity index (χ4n) is 5.33.